The van der Waals surface area contributed by atoms with Gasteiger partial charge < -0.3 is 14.2 Å². The molecule has 1 heterocycles. The molecule has 0 spiro atoms. The second-order valence-electron chi connectivity index (χ2n) is 4.55. The monoisotopic (exact) mass is 325 g/mol. The number of nitrogens with zero attached hydrogens (tertiary/aromatic N) is 1. The van der Waals surface area contributed by atoms with E-state index in [2.05, 4.69) is 4.90 Å². The summed E-state index contributed by atoms with van der Waals surface area (Å²) in [6.45, 7) is 5.08. The van der Waals surface area contributed by atoms with Crippen LogP contribution in [0, 0.1) is 6.92 Å². The first-order valence-corrected chi connectivity index (χ1v) is 8.88. The van der Waals surface area contributed by atoms with Crippen LogP contribution in [0.1, 0.15) is 12.5 Å². The number of aryl methyl sites for hydroxylation is 1. The second kappa shape index (κ2) is 7.38. The van der Waals surface area contributed by atoms with Gasteiger partial charge in [-0.15, -0.1) is 0 Å². The summed E-state index contributed by atoms with van der Waals surface area (Å²) in [6, 6.07) is 6.07. The molecule has 5 nitrogen and oxygen atoms in total. The normalized spacial score (nSPS) is 17.9. The van der Waals surface area contributed by atoms with Crippen molar-refractivity contribution < 1.29 is 47.3 Å². The van der Waals surface area contributed by atoms with E-state index in [1.807, 2.05) is 32.0 Å². The number of hydrogen-bond donors (Lipinski definition) is 0. The standard InChI is InChI=1S/C12H17NO4S2.Na/c1-9-3-4-12-11(7-9)13(10(2)8-17-12)5-6-18-19(14,15)16;/h3-4,7,10H,5-6,8H2,1-2H3,(H,14,15,16);/q;+1/p-1. The van der Waals surface area contributed by atoms with Crippen LogP contribution in [0.25, 0.3) is 0 Å². The van der Waals surface area contributed by atoms with Crippen LogP contribution in [-0.2, 0) is 9.15 Å². The van der Waals surface area contributed by atoms with Gasteiger partial charge in [0.2, 0.25) is 0 Å². The Bertz CT molecular complexity index is 565. The van der Waals surface area contributed by atoms with Crippen LogP contribution in [-0.4, -0.2) is 37.9 Å². The summed E-state index contributed by atoms with van der Waals surface area (Å²) in [6.07, 6.45) is 0. The third kappa shape index (κ3) is 4.82. The third-order valence-corrected chi connectivity index (χ3v) is 5.00. The summed E-state index contributed by atoms with van der Waals surface area (Å²) in [4.78, 5) is 2.09. The van der Waals surface area contributed by atoms with Crippen LogP contribution in [0.4, 0.5) is 5.69 Å². The van der Waals surface area contributed by atoms with Crippen LogP contribution in [0.5, 0.6) is 5.75 Å². The maximum Gasteiger partial charge on any atom is 1.00 e. The van der Waals surface area contributed by atoms with Crippen molar-refractivity contribution in [3.8, 4) is 5.75 Å². The van der Waals surface area contributed by atoms with Crippen molar-refractivity contribution >= 4 is 25.6 Å². The minimum Gasteiger partial charge on any atom is -0.739 e. The molecule has 0 saturated carbocycles. The number of anilines is 1. The zero-order valence-electron chi connectivity index (χ0n) is 11.8. The molecule has 8 heteroatoms. The molecule has 1 aliphatic rings. The number of ether oxygens (including phenoxy) is 1. The molecule has 0 bridgehead atoms. The molecule has 1 unspecified atom stereocenters. The summed E-state index contributed by atoms with van der Waals surface area (Å²) in [7, 11) is -3.78. The van der Waals surface area contributed by atoms with Gasteiger partial charge in [0, 0.05) is 12.3 Å². The van der Waals surface area contributed by atoms with Gasteiger partial charge in [0.1, 0.15) is 21.5 Å². The Morgan fingerprint density at radius 2 is 2.20 bits per heavy atom. The van der Waals surface area contributed by atoms with Gasteiger partial charge in [-0.25, -0.2) is 8.42 Å². The minimum absolute atomic E-state index is 0. The molecular formula is C12H16NNaO4S2. The molecule has 0 saturated heterocycles. The van der Waals surface area contributed by atoms with E-state index in [0.717, 1.165) is 17.0 Å². The average molecular weight is 325 g/mol. The molecule has 1 aliphatic heterocycles. The first kappa shape index (κ1) is 18.1. The summed E-state index contributed by atoms with van der Waals surface area (Å²) < 4.78 is 37.5. The van der Waals surface area contributed by atoms with E-state index in [-0.39, 0.29) is 41.4 Å². The van der Waals surface area contributed by atoms with Crippen LogP contribution in [0.3, 0.4) is 0 Å². The smallest absolute Gasteiger partial charge is 0.739 e. The van der Waals surface area contributed by atoms with Crippen molar-refractivity contribution in [2.75, 3.05) is 23.8 Å². The SMILES string of the molecule is Cc1ccc2c(c1)N(CCSS(=O)(=O)[O-])C(C)CO2.[Na+]. The van der Waals surface area contributed by atoms with Crippen molar-refractivity contribution in [3.63, 3.8) is 0 Å². The van der Waals surface area contributed by atoms with E-state index in [1.165, 1.54) is 0 Å². The maximum atomic E-state index is 10.6. The molecule has 0 N–H and O–H groups in total. The Labute approximate surface area is 145 Å². The zero-order chi connectivity index (χ0) is 14.0. The van der Waals surface area contributed by atoms with Gasteiger partial charge in [0.05, 0.1) is 11.7 Å². The van der Waals surface area contributed by atoms with Crippen LogP contribution in [0.15, 0.2) is 18.2 Å². The molecule has 0 amide bonds. The van der Waals surface area contributed by atoms with Gasteiger partial charge in [-0.1, -0.05) is 6.07 Å². The number of hydrogen-bond acceptors (Lipinski definition) is 6. The van der Waals surface area contributed by atoms with Crippen molar-refractivity contribution in [2.45, 2.75) is 19.9 Å². The molecule has 106 valence electrons. The summed E-state index contributed by atoms with van der Waals surface area (Å²) >= 11 is 0. The summed E-state index contributed by atoms with van der Waals surface area (Å²) in [5, 5.41) is 0. The molecule has 2 rings (SSSR count). The van der Waals surface area contributed by atoms with Crippen LogP contribution >= 0.6 is 10.8 Å². The Morgan fingerprint density at radius 3 is 2.85 bits per heavy atom. The Kier molecular flexibility index (Phi) is 6.69. The van der Waals surface area contributed by atoms with E-state index < -0.39 is 9.15 Å². The Morgan fingerprint density at radius 1 is 1.50 bits per heavy atom. The van der Waals surface area contributed by atoms with Gasteiger partial charge in [0.15, 0.2) is 0 Å². The number of benzene rings is 1. The van der Waals surface area contributed by atoms with Crippen molar-refractivity contribution in [1.29, 1.82) is 0 Å². The fourth-order valence-corrected chi connectivity index (χ4v) is 3.40. The fourth-order valence-electron chi connectivity index (χ4n) is 2.09. The van der Waals surface area contributed by atoms with E-state index in [9.17, 15) is 13.0 Å². The van der Waals surface area contributed by atoms with Crippen molar-refractivity contribution in [1.82, 2.24) is 0 Å². The van der Waals surface area contributed by atoms with Crippen LogP contribution in [0.2, 0.25) is 0 Å². The Balaban J connectivity index is 0.00000200. The fraction of sp³-hybridized carbons (Fsp3) is 0.500. The van der Waals surface area contributed by atoms with E-state index in [4.69, 9.17) is 4.74 Å². The molecule has 0 aromatic heterocycles. The van der Waals surface area contributed by atoms with Gasteiger partial charge in [0.25, 0.3) is 0 Å². The predicted octanol–water partition coefficient (Wildman–Crippen LogP) is -1.22. The van der Waals surface area contributed by atoms with Crippen molar-refractivity contribution in [3.05, 3.63) is 23.8 Å². The molecule has 1 aromatic rings. The Hall–Kier alpha value is 0.0800. The van der Waals surface area contributed by atoms with Gasteiger partial charge >= 0.3 is 29.6 Å². The number of rotatable bonds is 4. The van der Waals surface area contributed by atoms with Crippen LogP contribution < -0.4 is 39.2 Å². The van der Waals surface area contributed by atoms with Crippen molar-refractivity contribution in [2.24, 2.45) is 0 Å². The molecule has 0 fully saturated rings. The second-order valence-corrected chi connectivity index (χ2v) is 7.95. The predicted molar refractivity (Wildman–Crippen MR) is 75.6 cm³/mol. The first-order valence-electron chi connectivity index (χ1n) is 5.97. The molecule has 1 atom stereocenters. The molecule has 0 radical (unpaired) electrons. The zero-order valence-corrected chi connectivity index (χ0v) is 15.5. The number of fused-ring (bicyclic) bond motifs is 1. The third-order valence-electron chi connectivity index (χ3n) is 3.00. The topological polar surface area (TPSA) is 69.7 Å². The van der Waals surface area contributed by atoms with E-state index in [0.29, 0.717) is 23.9 Å². The van der Waals surface area contributed by atoms with E-state index in [1.54, 1.807) is 0 Å². The maximum absolute atomic E-state index is 10.6. The van der Waals surface area contributed by atoms with Gasteiger partial charge in [-0.05, 0) is 42.3 Å². The molecular weight excluding hydrogens is 309 g/mol. The van der Waals surface area contributed by atoms with E-state index >= 15 is 0 Å². The first-order chi connectivity index (χ1) is 8.87. The molecule has 1 aromatic carbocycles. The van der Waals surface area contributed by atoms with Gasteiger partial charge in [-0.2, -0.15) is 0 Å². The summed E-state index contributed by atoms with van der Waals surface area (Å²) in [5.74, 6) is 1.06. The largest absolute Gasteiger partial charge is 1.00 e. The average Bonchev–Trinajstić information content (AvgIpc) is 2.30. The minimum atomic E-state index is -4.22. The quantitative estimate of drug-likeness (QED) is 0.393. The van der Waals surface area contributed by atoms with Gasteiger partial charge in [-0.3, -0.25) is 0 Å². The molecule has 0 aliphatic carbocycles. The molecule has 20 heavy (non-hydrogen) atoms. The summed E-state index contributed by atoms with van der Waals surface area (Å²) in [5.41, 5.74) is 2.08.